The lowest BCUT2D eigenvalue weighted by Crippen LogP contribution is -1.89. The molecule has 1 heterocycles. The quantitative estimate of drug-likeness (QED) is 0.504. The van der Waals surface area contributed by atoms with Crippen LogP contribution in [-0.4, -0.2) is 36.7 Å². The molecule has 0 unspecified atom stereocenters. The molecule has 2 aromatic carbocycles. The van der Waals surface area contributed by atoms with Crippen molar-refractivity contribution in [2.45, 2.75) is 0 Å². The predicted molar refractivity (Wildman–Crippen MR) is 98.5 cm³/mol. The van der Waals surface area contributed by atoms with Crippen molar-refractivity contribution in [1.82, 2.24) is 0 Å². The van der Waals surface area contributed by atoms with E-state index in [0.717, 1.165) is 6.08 Å². The highest BCUT2D eigenvalue weighted by Crippen LogP contribution is 2.40. The normalized spacial score (nSPS) is 11.0. The van der Waals surface area contributed by atoms with Crippen LogP contribution in [0, 0.1) is 0 Å². The Morgan fingerprint density at radius 1 is 1.11 bits per heavy atom. The fourth-order valence-electron chi connectivity index (χ4n) is 2.77. The van der Waals surface area contributed by atoms with E-state index in [1.54, 1.807) is 24.3 Å². The Hall–Kier alpha value is -3.74. The molecule has 0 aliphatic rings. The van der Waals surface area contributed by atoms with Crippen molar-refractivity contribution >= 4 is 29.3 Å². The van der Waals surface area contributed by atoms with Gasteiger partial charge in [0.05, 0.1) is 19.8 Å². The molecule has 3 aromatic rings. The van der Waals surface area contributed by atoms with E-state index in [2.05, 4.69) is 0 Å². The number of aromatic hydroxyl groups is 1. The minimum Gasteiger partial charge on any atom is -0.504 e. The summed E-state index contributed by atoms with van der Waals surface area (Å²) in [7, 11) is 2.87. The second-order valence-electron chi connectivity index (χ2n) is 5.62. The minimum absolute atomic E-state index is 0.0383. The van der Waals surface area contributed by atoms with Gasteiger partial charge < -0.3 is 24.1 Å². The lowest BCUT2D eigenvalue weighted by Gasteiger charge is -2.05. The molecule has 0 atom stereocenters. The largest absolute Gasteiger partial charge is 0.504 e. The van der Waals surface area contributed by atoms with Crippen molar-refractivity contribution < 1.29 is 33.7 Å². The van der Waals surface area contributed by atoms with Gasteiger partial charge in [-0.25, -0.2) is 4.79 Å². The standard InChI is InChI=1S/C20H16O7/c1-25-16-9-12(4-5-15(16)22)19-14(10-21)13-7-11(3-6-18(23)24)8-17(26-2)20(13)27-19/h3-10,22H,1-2H3,(H,23,24)/b6-3+. The number of carboxylic acid groups (broad SMARTS) is 1. The summed E-state index contributed by atoms with van der Waals surface area (Å²) in [6.45, 7) is 0. The molecule has 0 fully saturated rings. The number of aldehydes is 1. The number of phenols is 1. The molecule has 0 aliphatic carbocycles. The van der Waals surface area contributed by atoms with Crippen molar-refractivity contribution in [3.63, 3.8) is 0 Å². The van der Waals surface area contributed by atoms with Gasteiger partial charge in [-0.2, -0.15) is 0 Å². The van der Waals surface area contributed by atoms with Crippen molar-refractivity contribution in [1.29, 1.82) is 0 Å². The van der Waals surface area contributed by atoms with Crippen LogP contribution in [0.25, 0.3) is 28.4 Å². The molecule has 138 valence electrons. The Morgan fingerprint density at radius 2 is 1.85 bits per heavy atom. The maximum Gasteiger partial charge on any atom is 0.328 e. The maximum atomic E-state index is 11.8. The summed E-state index contributed by atoms with van der Waals surface area (Å²) in [6.07, 6.45) is 3.05. The summed E-state index contributed by atoms with van der Waals surface area (Å²) in [5.41, 5.74) is 1.71. The first-order valence-corrected chi connectivity index (χ1v) is 7.86. The SMILES string of the molecule is COc1cc(-c2oc3c(OC)cc(/C=C/C(=O)O)cc3c2C=O)ccc1O. The molecule has 0 saturated heterocycles. The zero-order chi connectivity index (χ0) is 19.6. The van der Waals surface area contributed by atoms with E-state index in [1.807, 2.05) is 0 Å². The third-order valence-corrected chi connectivity index (χ3v) is 4.01. The molecule has 0 saturated carbocycles. The van der Waals surface area contributed by atoms with Crippen LogP contribution in [0.3, 0.4) is 0 Å². The highest BCUT2D eigenvalue weighted by atomic mass is 16.5. The fourth-order valence-corrected chi connectivity index (χ4v) is 2.77. The second-order valence-corrected chi connectivity index (χ2v) is 5.62. The van der Waals surface area contributed by atoms with Gasteiger partial charge in [0.25, 0.3) is 0 Å². The molecule has 2 N–H and O–H groups in total. The first-order chi connectivity index (χ1) is 13.0. The van der Waals surface area contributed by atoms with Crippen LogP contribution >= 0.6 is 0 Å². The smallest absolute Gasteiger partial charge is 0.328 e. The highest BCUT2D eigenvalue weighted by Gasteiger charge is 2.20. The van der Waals surface area contributed by atoms with Gasteiger partial charge in [0.15, 0.2) is 29.1 Å². The number of benzene rings is 2. The number of carbonyl (C=O) groups excluding carboxylic acids is 1. The molecule has 1 aromatic heterocycles. The number of methoxy groups -OCH3 is 2. The molecule has 7 heteroatoms. The van der Waals surface area contributed by atoms with E-state index in [9.17, 15) is 14.7 Å². The highest BCUT2D eigenvalue weighted by molar-refractivity contribution is 6.05. The zero-order valence-corrected chi connectivity index (χ0v) is 14.6. The van der Waals surface area contributed by atoms with Gasteiger partial charge in [0.1, 0.15) is 5.76 Å². The maximum absolute atomic E-state index is 11.8. The monoisotopic (exact) mass is 368 g/mol. The number of aliphatic carboxylic acids is 1. The van der Waals surface area contributed by atoms with Crippen LogP contribution in [0.4, 0.5) is 0 Å². The number of carbonyl (C=O) groups is 2. The van der Waals surface area contributed by atoms with Gasteiger partial charge in [-0.3, -0.25) is 4.79 Å². The van der Waals surface area contributed by atoms with E-state index in [0.29, 0.717) is 34.1 Å². The summed E-state index contributed by atoms with van der Waals surface area (Å²) in [4.78, 5) is 22.5. The predicted octanol–water partition coefficient (Wildman–Crippen LogP) is 3.73. The van der Waals surface area contributed by atoms with Gasteiger partial charge in [0, 0.05) is 17.0 Å². The van der Waals surface area contributed by atoms with Gasteiger partial charge in [-0.05, 0) is 42.0 Å². The molecular weight excluding hydrogens is 352 g/mol. The molecule has 0 aliphatic heterocycles. The van der Waals surface area contributed by atoms with E-state index in [4.69, 9.17) is 19.0 Å². The Morgan fingerprint density at radius 3 is 2.48 bits per heavy atom. The van der Waals surface area contributed by atoms with E-state index >= 15 is 0 Å². The van der Waals surface area contributed by atoms with Crippen LogP contribution in [0.1, 0.15) is 15.9 Å². The van der Waals surface area contributed by atoms with Crippen molar-refractivity contribution in [2.75, 3.05) is 14.2 Å². The molecule has 0 bridgehead atoms. The summed E-state index contributed by atoms with van der Waals surface area (Å²) in [5, 5.41) is 19.1. The number of furan rings is 1. The molecule has 3 rings (SSSR count). The fraction of sp³-hybridized carbons (Fsp3) is 0.100. The molecule has 27 heavy (non-hydrogen) atoms. The van der Waals surface area contributed by atoms with Crippen LogP contribution in [-0.2, 0) is 4.79 Å². The third-order valence-electron chi connectivity index (χ3n) is 4.01. The van der Waals surface area contributed by atoms with Crippen molar-refractivity contribution in [3.8, 4) is 28.6 Å². The number of ether oxygens (including phenoxy) is 2. The number of rotatable bonds is 6. The minimum atomic E-state index is -1.09. The Bertz CT molecular complexity index is 1060. The van der Waals surface area contributed by atoms with Crippen LogP contribution < -0.4 is 9.47 Å². The summed E-state index contributed by atoms with van der Waals surface area (Å²) in [5.74, 6) is -0.243. The molecule has 7 nitrogen and oxygen atoms in total. The Kier molecular flexibility index (Phi) is 4.85. The van der Waals surface area contributed by atoms with Gasteiger partial charge in [0.2, 0.25) is 0 Å². The van der Waals surface area contributed by atoms with E-state index in [-0.39, 0.29) is 22.8 Å². The first kappa shape index (κ1) is 18.1. The van der Waals surface area contributed by atoms with Crippen LogP contribution in [0.5, 0.6) is 17.2 Å². The van der Waals surface area contributed by atoms with E-state index < -0.39 is 5.97 Å². The number of hydrogen-bond donors (Lipinski definition) is 2. The lowest BCUT2D eigenvalue weighted by molar-refractivity contribution is -0.131. The number of phenolic OH excluding ortho intramolecular Hbond substituents is 1. The number of carboxylic acids is 1. The lowest BCUT2D eigenvalue weighted by atomic mass is 10.0. The van der Waals surface area contributed by atoms with Gasteiger partial charge in [-0.1, -0.05) is 0 Å². The summed E-state index contributed by atoms with van der Waals surface area (Å²) < 4.78 is 16.3. The Labute approximate surface area is 154 Å². The molecule has 0 amide bonds. The summed E-state index contributed by atoms with van der Waals surface area (Å²) in [6, 6.07) is 7.85. The van der Waals surface area contributed by atoms with Crippen molar-refractivity contribution in [2.24, 2.45) is 0 Å². The number of hydrogen-bond acceptors (Lipinski definition) is 6. The first-order valence-electron chi connectivity index (χ1n) is 7.86. The average molecular weight is 368 g/mol. The van der Waals surface area contributed by atoms with Crippen molar-refractivity contribution in [3.05, 3.63) is 47.5 Å². The topological polar surface area (TPSA) is 106 Å². The number of fused-ring (bicyclic) bond motifs is 1. The molecular formula is C20H16O7. The zero-order valence-electron chi connectivity index (χ0n) is 14.6. The molecule has 0 radical (unpaired) electrons. The van der Waals surface area contributed by atoms with Crippen LogP contribution in [0.15, 0.2) is 40.8 Å². The van der Waals surface area contributed by atoms with Crippen LogP contribution in [0.2, 0.25) is 0 Å². The van der Waals surface area contributed by atoms with Gasteiger partial charge >= 0.3 is 5.97 Å². The third kappa shape index (κ3) is 3.35. The summed E-state index contributed by atoms with van der Waals surface area (Å²) >= 11 is 0. The van der Waals surface area contributed by atoms with Gasteiger partial charge in [-0.15, -0.1) is 0 Å². The molecule has 0 spiro atoms. The Balaban J connectivity index is 2.26. The second kappa shape index (κ2) is 7.25. The van der Waals surface area contributed by atoms with E-state index in [1.165, 1.54) is 26.4 Å². The average Bonchev–Trinajstić information content (AvgIpc) is 3.04.